The van der Waals surface area contributed by atoms with Gasteiger partial charge in [0.15, 0.2) is 0 Å². The third kappa shape index (κ3) is 4.73. The summed E-state index contributed by atoms with van der Waals surface area (Å²) in [5, 5.41) is 11.7. The van der Waals surface area contributed by atoms with E-state index in [0.717, 1.165) is 12.8 Å². The van der Waals surface area contributed by atoms with Gasteiger partial charge in [0.1, 0.15) is 11.7 Å². The van der Waals surface area contributed by atoms with Gasteiger partial charge in [-0.25, -0.2) is 9.78 Å². The smallest absolute Gasteiger partial charge is 0.326 e. The molecule has 21 heavy (non-hydrogen) atoms. The fraction of sp³-hybridized carbons (Fsp3) is 0.533. The number of aliphatic carboxylic acids is 1. The second-order valence-electron chi connectivity index (χ2n) is 5.57. The largest absolute Gasteiger partial charge is 0.480 e. The average molecular weight is 292 g/mol. The molecule has 2 N–H and O–H groups in total. The van der Waals surface area contributed by atoms with Gasteiger partial charge in [-0.2, -0.15) is 0 Å². The van der Waals surface area contributed by atoms with Crippen molar-refractivity contribution >= 4 is 11.9 Å². The van der Waals surface area contributed by atoms with Crippen molar-refractivity contribution in [3.63, 3.8) is 0 Å². The highest BCUT2D eigenvalue weighted by molar-refractivity contribution is 5.95. The highest BCUT2D eigenvalue weighted by Gasteiger charge is 2.30. The molecule has 0 saturated heterocycles. The molecule has 0 aliphatic heterocycles. The molecule has 1 aliphatic carbocycles. The van der Waals surface area contributed by atoms with E-state index in [0.29, 0.717) is 18.2 Å². The van der Waals surface area contributed by atoms with Crippen molar-refractivity contribution < 1.29 is 19.4 Å². The van der Waals surface area contributed by atoms with Crippen LogP contribution in [0.4, 0.5) is 0 Å². The molecule has 1 atom stereocenters. The fourth-order valence-electron chi connectivity index (χ4n) is 1.99. The zero-order valence-corrected chi connectivity index (χ0v) is 12.2. The lowest BCUT2D eigenvalue weighted by molar-refractivity contribution is -0.139. The van der Waals surface area contributed by atoms with Crippen LogP contribution in [0.3, 0.4) is 0 Å². The van der Waals surface area contributed by atoms with E-state index in [2.05, 4.69) is 10.3 Å². The molecule has 6 heteroatoms. The van der Waals surface area contributed by atoms with Gasteiger partial charge < -0.3 is 15.2 Å². The average Bonchev–Trinajstić information content (AvgIpc) is 3.21. The molecule has 2 rings (SSSR count). The highest BCUT2D eigenvalue weighted by atomic mass is 16.5. The van der Waals surface area contributed by atoms with Gasteiger partial charge >= 0.3 is 5.97 Å². The van der Waals surface area contributed by atoms with Crippen molar-refractivity contribution in [3.05, 3.63) is 23.9 Å². The number of carboxylic acids is 1. The summed E-state index contributed by atoms with van der Waals surface area (Å²) in [5.74, 6) is -0.733. The van der Waals surface area contributed by atoms with Crippen LogP contribution in [0.5, 0.6) is 5.88 Å². The summed E-state index contributed by atoms with van der Waals surface area (Å²) in [6.45, 7) is 3.73. The van der Waals surface area contributed by atoms with Crippen LogP contribution in [-0.2, 0) is 4.79 Å². The Morgan fingerprint density at radius 1 is 1.43 bits per heavy atom. The molecule has 0 radical (unpaired) electrons. The van der Waals surface area contributed by atoms with Gasteiger partial charge in [-0.15, -0.1) is 0 Å². The van der Waals surface area contributed by atoms with Crippen LogP contribution in [0.25, 0.3) is 0 Å². The standard InChI is InChI=1S/C15H20N2O4/c1-9(2)21-13-5-3-4-11(16-13)14(18)17-12(15(19)20)8-10-6-7-10/h3-5,9-10,12H,6-8H2,1-2H3,(H,17,18)(H,19,20). The molecule has 1 aliphatic rings. The van der Waals surface area contributed by atoms with Crippen LogP contribution in [0.15, 0.2) is 18.2 Å². The van der Waals surface area contributed by atoms with Gasteiger partial charge in [-0.1, -0.05) is 18.9 Å². The van der Waals surface area contributed by atoms with E-state index in [-0.39, 0.29) is 11.8 Å². The van der Waals surface area contributed by atoms with Crippen LogP contribution >= 0.6 is 0 Å². The normalized spacial score (nSPS) is 15.6. The molecule has 0 aromatic carbocycles. The summed E-state index contributed by atoms with van der Waals surface area (Å²) in [6, 6.07) is 4.01. The van der Waals surface area contributed by atoms with E-state index < -0.39 is 17.9 Å². The van der Waals surface area contributed by atoms with Crippen molar-refractivity contribution in [1.82, 2.24) is 10.3 Å². The molecular formula is C15H20N2O4. The van der Waals surface area contributed by atoms with Crippen molar-refractivity contribution in [2.75, 3.05) is 0 Å². The number of carbonyl (C=O) groups excluding carboxylic acids is 1. The molecule has 1 amide bonds. The van der Waals surface area contributed by atoms with Crippen LogP contribution in [0.2, 0.25) is 0 Å². The topological polar surface area (TPSA) is 88.5 Å². The highest BCUT2D eigenvalue weighted by Crippen LogP contribution is 2.33. The Labute approximate surface area is 123 Å². The van der Waals surface area contributed by atoms with E-state index in [1.54, 1.807) is 18.2 Å². The number of hydrogen-bond acceptors (Lipinski definition) is 4. The zero-order chi connectivity index (χ0) is 15.4. The Bertz CT molecular complexity index is 526. The molecular weight excluding hydrogens is 272 g/mol. The predicted molar refractivity (Wildman–Crippen MR) is 76.2 cm³/mol. The second kappa shape index (κ2) is 6.56. The van der Waals surface area contributed by atoms with Crippen LogP contribution in [0.1, 0.15) is 43.6 Å². The number of amides is 1. The van der Waals surface area contributed by atoms with Gasteiger partial charge in [-0.05, 0) is 32.3 Å². The maximum absolute atomic E-state index is 12.1. The Hall–Kier alpha value is -2.11. The van der Waals surface area contributed by atoms with Crippen molar-refractivity contribution in [2.24, 2.45) is 5.92 Å². The van der Waals surface area contributed by atoms with E-state index in [9.17, 15) is 9.59 Å². The molecule has 0 bridgehead atoms. The van der Waals surface area contributed by atoms with Gasteiger partial charge in [-0.3, -0.25) is 4.79 Å². The molecule has 1 heterocycles. The van der Waals surface area contributed by atoms with Crippen LogP contribution in [-0.4, -0.2) is 34.1 Å². The van der Waals surface area contributed by atoms with Crippen molar-refractivity contribution in [1.29, 1.82) is 0 Å². The quantitative estimate of drug-likeness (QED) is 0.800. The van der Waals surface area contributed by atoms with Gasteiger partial charge in [0.25, 0.3) is 5.91 Å². The first-order valence-electron chi connectivity index (χ1n) is 7.13. The first-order chi connectivity index (χ1) is 9.95. The maximum Gasteiger partial charge on any atom is 0.326 e. The molecule has 1 fully saturated rings. The van der Waals surface area contributed by atoms with E-state index in [1.807, 2.05) is 13.8 Å². The number of nitrogens with one attached hydrogen (secondary N) is 1. The molecule has 1 saturated carbocycles. The van der Waals surface area contributed by atoms with E-state index in [1.165, 1.54) is 0 Å². The number of carbonyl (C=O) groups is 2. The molecule has 1 aromatic heterocycles. The number of carboxylic acid groups (broad SMARTS) is 1. The summed E-state index contributed by atoms with van der Waals surface area (Å²) in [6.07, 6.45) is 2.51. The minimum absolute atomic E-state index is 0.0440. The number of pyridine rings is 1. The van der Waals surface area contributed by atoms with Crippen LogP contribution < -0.4 is 10.1 Å². The molecule has 6 nitrogen and oxygen atoms in total. The predicted octanol–water partition coefficient (Wildman–Crippen LogP) is 1.85. The Morgan fingerprint density at radius 2 is 2.14 bits per heavy atom. The van der Waals surface area contributed by atoms with Gasteiger partial charge in [0, 0.05) is 6.07 Å². The van der Waals surface area contributed by atoms with Crippen LogP contribution in [0, 0.1) is 5.92 Å². The number of hydrogen-bond donors (Lipinski definition) is 2. The molecule has 114 valence electrons. The first-order valence-corrected chi connectivity index (χ1v) is 7.13. The third-order valence-electron chi connectivity index (χ3n) is 3.18. The number of nitrogens with zero attached hydrogens (tertiary/aromatic N) is 1. The fourth-order valence-corrected chi connectivity index (χ4v) is 1.99. The summed E-state index contributed by atoms with van der Waals surface area (Å²) < 4.78 is 5.42. The monoisotopic (exact) mass is 292 g/mol. The van der Waals surface area contributed by atoms with Crippen molar-refractivity contribution in [3.8, 4) is 5.88 Å². The minimum Gasteiger partial charge on any atom is -0.480 e. The van der Waals surface area contributed by atoms with Gasteiger partial charge in [0.2, 0.25) is 5.88 Å². The lowest BCUT2D eigenvalue weighted by Crippen LogP contribution is -2.41. The summed E-state index contributed by atoms with van der Waals surface area (Å²) in [5.41, 5.74) is 0.162. The lowest BCUT2D eigenvalue weighted by Gasteiger charge is -2.14. The molecule has 0 spiro atoms. The summed E-state index contributed by atoms with van der Waals surface area (Å²) in [7, 11) is 0. The maximum atomic E-state index is 12.1. The zero-order valence-electron chi connectivity index (χ0n) is 12.2. The van der Waals surface area contributed by atoms with E-state index >= 15 is 0 Å². The summed E-state index contributed by atoms with van der Waals surface area (Å²) >= 11 is 0. The first kappa shape index (κ1) is 15.3. The number of ether oxygens (including phenoxy) is 1. The Balaban J connectivity index is 2.02. The SMILES string of the molecule is CC(C)Oc1cccc(C(=O)NC(CC2CC2)C(=O)O)n1. The Morgan fingerprint density at radius 3 is 2.71 bits per heavy atom. The summed E-state index contributed by atoms with van der Waals surface area (Å²) in [4.78, 5) is 27.4. The Kier molecular flexibility index (Phi) is 4.77. The van der Waals surface area contributed by atoms with Crippen molar-refractivity contribution in [2.45, 2.75) is 45.3 Å². The number of rotatable bonds is 7. The van der Waals surface area contributed by atoms with Gasteiger partial charge in [0.05, 0.1) is 6.10 Å². The molecule has 1 unspecified atom stereocenters. The minimum atomic E-state index is -1.01. The van der Waals surface area contributed by atoms with E-state index in [4.69, 9.17) is 9.84 Å². The lowest BCUT2D eigenvalue weighted by atomic mass is 10.1. The molecule has 1 aromatic rings. The second-order valence-corrected chi connectivity index (χ2v) is 5.57. The number of aromatic nitrogens is 1. The third-order valence-corrected chi connectivity index (χ3v) is 3.18.